The second-order valence-corrected chi connectivity index (χ2v) is 14.7. The Kier molecular flexibility index (Phi) is 10.7. The first-order chi connectivity index (χ1) is 22.7. The Balaban J connectivity index is 1.10. The number of hydrogen-bond donors (Lipinski definition) is 3. The van der Waals surface area contributed by atoms with Crippen LogP contribution in [0.1, 0.15) is 37.3 Å². The van der Waals surface area contributed by atoms with Gasteiger partial charge in [-0.05, 0) is 101 Å². The molecule has 3 saturated heterocycles. The van der Waals surface area contributed by atoms with Crippen molar-refractivity contribution in [2.75, 3.05) is 59.4 Å². The number of rotatable bonds is 7. The van der Waals surface area contributed by atoms with E-state index in [1.165, 1.54) is 0 Å². The average Bonchev–Trinajstić information content (AvgIpc) is 3.48. The van der Waals surface area contributed by atoms with Gasteiger partial charge in [-0.1, -0.05) is 30.3 Å². The van der Waals surface area contributed by atoms with Gasteiger partial charge < -0.3 is 30.1 Å². The highest BCUT2D eigenvalue weighted by Crippen LogP contribution is 2.34. The van der Waals surface area contributed by atoms with Gasteiger partial charge in [-0.2, -0.15) is 0 Å². The number of phenolic OH excluding ortho intramolecular Hbond substituents is 1. The molecule has 3 amide bonds. The van der Waals surface area contributed by atoms with E-state index in [-0.39, 0.29) is 35.8 Å². The molecule has 3 N–H and O–H groups in total. The summed E-state index contributed by atoms with van der Waals surface area (Å²) in [7, 11) is 2.17. The summed E-state index contributed by atoms with van der Waals surface area (Å²) in [5, 5.41) is 13.3. The number of piperazine rings is 1. The smallest absolute Gasteiger partial charge is 0.326 e. The number of hydrogen-bond acceptors (Lipinski definition) is 6. The molecule has 0 saturated carbocycles. The van der Waals surface area contributed by atoms with E-state index in [0.29, 0.717) is 54.0 Å². The molecule has 0 aliphatic carbocycles. The minimum Gasteiger partial charge on any atom is -0.506 e. The molecule has 3 aromatic rings. The van der Waals surface area contributed by atoms with E-state index in [9.17, 15) is 19.5 Å². The molecule has 3 fully saturated rings. The van der Waals surface area contributed by atoms with E-state index in [4.69, 9.17) is 0 Å². The maximum absolute atomic E-state index is 14.0. The second-order valence-electron chi connectivity index (χ2n) is 13.0. The molecule has 47 heavy (non-hydrogen) atoms. The summed E-state index contributed by atoms with van der Waals surface area (Å²) < 4.78 is 2.78. The van der Waals surface area contributed by atoms with Gasteiger partial charge >= 0.3 is 11.7 Å². The molecule has 3 aliphatic heterocycles. The summed E-state index contributed by atoms with van der Waals surface area (Å²) in [6.07, 6.45) is 5.72. The predicted molar refractivity (Wildman–Crippen MR) is 189 cm³/mol. The van der Waals surface area contributed by atoms with E-state index in [0.717, 1.165) is 55.8 Å². The van der Waals surface area contributed by atoms with Gasteiger partial charge in [0.2, 0.25) is 5.91 Å². The van der Waals surface area contributed by atoms with Crippen molar-refractivity contribution in [2.45, 2.75) is 50.2 Å². The van der Waals surface area contributed by atoms with Crippen LogP contribution in [0.5, 0.6) is 5.75 Å². The number of likely N-dealkylation sites (tertiary alicyclic amines) is 2. The zero-order valence-electron chi connectivity index (χ0n) is 26.7. The van der Waals surface area contributed by atoms with Gasteiger partial charge in [-0.3, -0.25) is 14.3 Å². The number of H-pyrrole nitrogens is 1. The van der Waals surface area contributed by atoms with Gasteiger partial charge in [0.05, 0.1) is 14.6 Å². The Morgan fingerprint density at radius 1 is 0.894 bits per heavy atom. The van der Waals surface area contributed by atoms with E-state index in [1.54, 1.807) is 21.6 Å². The lowest BCUT2D eigenvalue weighted by Gasteiger charge is -2.43. The first-order valence-corrected chi connectivity index (χ1v) is 18.0. The minimum absolute atomic E-state index is 0.0229. The van der Waals surface area contributed by atoms with Crippen molar-refractivity contribution in [3.8, 4) is 17.0 Å². The van der Waals surface area contributed by atoms with Crippen LogP contribution < -0.4 is 11.0 Å². The van der Waals surface area contributed by atoms with Gasteiger partial charge in [0.15, 0.2) is 0 Å². The summed E-state index contributed by atoms with van der Waals surface area (Å²) in [5.41, 5.74) is 2.38. The van der Waals surface area contributed by atoms with Crippen LogP contribution in [0, 0.1) is 0 Å². The standard InChI is InChI=1S/C34H43Br2N7O4/c1-39-11-7-25(8-12-39)40-15-17-41(18-16-40)32(45)29(21-23-19-27(35)31(44)28(36)20-23)37-33(46)42-13-9-26(10-14-42)43-22-30(38-34(43)47)24-5-3-2-4-6-24/h2-6,19-20,22,25-26,29,44H,7-18,21H2,1H3,(H,37,46)(H,38,47)/t29-/m0/s1. The molecule has 1 atom stereocenters. The van der Waals surface area contributed by atoms with Crippen LogP contribution in [0.15, 0.2) is 62.4 Å². The second kappa shape index (κ2) is 15.0. The zero-order valence-corrected chi connectivity index (χ0v) is 29.9. The summed E-state index contributed by atoms with van der Waals surface area (Å²) in [5.74, 6) is -0.00474. The maximum Gasteiger partial charge on any atom is 0.326 e. The van der Waals surface area contributed by atoms with E-state index < -0.39 is 6.04 Å². The monoisotopic (exact) mass is 771 g/mol. The Hall–Kier alpha value is -3.13. The van der Waals surface area contributed by atoms with Crippen LogP contribution in [0.3, 0.4) is 0 Å². The average molecular weight is 774 g/mol. The highest BCUT2D eigenvalue weighted by atomic mass is 79.9. The zero-order chi connectivity index (χ0) is 33.1. The first kappa shape index (κ1) is 33.8. The largest absolute Gasteiger partial charge is 0.506 e. The highest BCUT2D eigenvalue weighted by Gasteiger charge is 2.34. The summed E-state index contributed by atoms with van der Waals surface area (Å²) in [6.45, 7) is 6.06. The van der Waals surface area contributed by atoms with Crippen molar-refractivity contribution < 1.29 is 14.7 Å². The number of amides is 3. The number of aromatic hydroxyl groups is 1. The van der Waals surface area contributed by atoms with Crippen LogP contribution in [-0.2, 0) is 11.2 Å². The van der Waals surface area contributed by atoms with Crippen LogP contribution in [0.25, 0.3) is 11.3 Å². The summed E-state index contributed by atoms with van der Waals surface area (Å²) in [4.78, 5) is 52.0. The molecular weight excluding hydrogens is 730 g/mol. The minimum atomic E-state index is -0.765. The van der Waals surface area contributed by atoms with Crippen LogP contribution >= 0.6 is 31.9 Å². The number of carbonyl (C=O) groups is 2. The number of imidazole rings is 1. The molecule has 11 nitrogen and oxygen atoms in total. The molecule has 4 heterocycles. The molecular formula is C34H43Br2N7O4. The number of aromatic amines is 1. The Morgan fingerprint density at radius 2 is 1.51 bits per heavy atom. The molecule has 13 heteroatoms. The lowest BCUT2D eigenvalue weighted by molar-refractivity contribution is -0.135. The summed E-state index contributed by atoms with van der Waals surface area (Å²) in [6, 6.07) is 12.8. The van der Waals surface area contributed by atoms with Gasteiger partial charge in [-0.25, -0.2) is 9.59 Å². The quantitative estimate of drug-likeness (QED) is 0.331. The number of nitrogens with one attached hydrogen (secondary N) is 2. The van der Waals surface area contributed by atoms with Crippen molar-refractivity contribution in [3.63, 3.8) is 0 Å². The molecule has 3 aliphatic rings. The van der Waals surface area contributed by atoms with Crippen LogP contribution in [0.2, 0.25) is 0 Å². The Bertz CT molecular complexity index is 1580. The fourth-order valence-corrected chi connectivity index (χ4v) is 8.37. The lowest BCUT2D eigenvalue weighted by atomic mass is 10.0. The van der Waals surface area contributed by atoms with Gasteiger partial charge in [0.25, 0.3) is 0 Å². The predicted octanol–water partition coefficient (Wildman–Crippen LogP) is 4.27. The van der Waals surface area contributed by atoms with Gasteiger partial charge in [0.1, 0.15) is 11.8 Å². The third-order valence-electron chi connectivity index (χ3n) is 9.92. The van der Waals surface area contributed by atoms with E-state index in [2.05, 4.69) is 59.0 Å². The first-order valence-electron chi connectivity index (χ1n) is 16.5. The lowest BCUT2D eigenvalue weighted by Crippen LogP contribution is -2.59. The molecule has 0 spiro atoms. The van der Waals surface area contributed by atoms with Gasteiger partial charge in [-0.15, -0.1) is 0 Å². The molecule has 252 valence electrons. The van der Waals surface area contributed by atoms with Crippen LogP contribution in [-0.4, -0.2) is 118 Å². The Morgan fingerprint density at radius 3 is 2.15 bits per heavy atom. The molecule has 6 rings (SSSR count). The molecule has 0 radical (unpaired) electrons. The fraction of sp³-hybridized carbons (Fsp3) is 0.500. The maximum atomic E-state index is 14.0. The van der Waals surface area contributed by atoms with Crippen molar-refractivity contribution in [2.24, 2.45) is 0 Å². The number of halogens is 2. The number of nitrogens with zero attached hydrogens (tertiary/aromatic N) is 5. The number of aromatic nitrogens is 2. The van der Waals surface area contributed by atoms with Crippen molar-refractivity contribution in [1.82, 2.24) is 34.5 Å². The van der Waals surface area contributed by atoms with Crippen LogP contribution in [0.4, 0.5) is 4.79 Å². The highest BCUT2D eigenvalue weighted by molar-refractivity contribution is 9.11. The molecule has 0 bridgehead atoms. The number of phenols is 1. The number of urea groups is 1. The normalized spacial score (nSPS) is 19.6. The van der Waals surface area contributed by atoms with E-state index >= 15 is 0 Å². The summed E-state index contributed by atoms with van der Waals surface area (Å²) >= 11 is 6.80. The number of piperidine rings is 2. The number of benzene rings is 2. The van der Waals surface area contributed by atoms with Crippen molar-refractivity contribution in [3.05, 3.63) is 73.7 Å². The Labute approximate surface area is 292 Å². The van der Waals surface area contributed by atoms with Crippen molar-refractivity contribution in [1.29, 1.82) is 0 Å². The number of carbonyl (C=O) groups excluding carboxylic acids is 2. The molecule has 2 aromatic carbocycles. The topological polar surface area (TPSA) is 117 Å². The van der Waals surface area contributed by atoms with Gasteiger partial charge in [0, 0.05) is 64.0 Å². The molecule has 0 unspecified atom stereocenters. The van der Waals surface area contributed by atoms with Crippen molar-refractivity contribution >= 4 is 43.8 Å². The SMILES string of the molecule is CN1CCC(N2CCN(C(=O)[C@H](Cc3cc(Br)c(O)c(Br)c3)NC(=O)N3CCC(n4cc(-c5ccccc5)[nH]c4=O)CC3)CC2)CC1. The van der Waals surface area contributed by atoms with E-state index in [1.807, 2.05) is 41.4 Å². The molecule has 1 aromatic heterocycles. The third kappa shape index (κ3) is 7.96. The third-order valence-corrected chi connectivity index (χ3v) is 11.1. The fourth-order valence-electron chi connectivity index (χ4n) is 7.09.